The highest BCUT2D eigenvalue weighted by Gasteiger charge is 2.42. The Kier molecular flexibility index (Phi) is 6.69. The molecule has 176 valence electrons. The molecule has 4 N–H and O–H groups in total. The van der Waals surface area contributed by atoms with Gasteiger partial charge in [-0.3, -0.25) is 10.5 Å². The molecule has 4 rings (SSSR count). The number of hydrogen-bond acceptors (Lipinski definition) is 8. The fraction of sp³-hybridized carbons (Fsp3) is 0.292. The summed E-state index contributed by atoms with van der Waals surface area (Å²) in [7, 11) is 0. The Morgan fingerprint density at radius 1 is 1.15 bits per heavy atom. The Labute approximate surface area is 195 Å². The summed E-state index contributed by atoms with van der Waals surface area (Å²) in [4.78, 5) is 24.7. The third kappa shape index (κ3) is 4.81. The number of nitrogens with two attached hydrogens (primary N) is 1. The first-order valence-electron chi connectivity index (χ1n) is 11.0. The molecule has 3 aromatic rings. The molecule has 10 nitrogen and oxygen atoms in total. The molecular weight excluding hydrogens is 438 g/mol. The van der Waals surface area contributed by atoms with Crippen LogP contribution in [0.5, 0.6) is 11.5 Å². The van der Waals surface area contributed by atoms with Crippen LogP contribution in [0.15, 0.2) is 42.5 Å². The summed E-state index contributed by atoms with van der Waals surface area (Å²) in [6, 6.07) is 10.7. The fourth-order valence-corrected chi connectivity index (χ4v) is 3.65. The summed E-state index contributed by atoms with van der Waals surface area (Å²) in [5.41, 5.74) is 6.61. The first-order valence-corrected chi connectivity index (χ1v) is 11.0. The van der Waals surface area contributed by atoms with Gasteiger partial charge in [0, 0.05) is 0 Å². The maximum atomic E-state index is 13.0. The SMILES string of the molecule is CCCCCc1ccc(C=CC(=O)c2ccc(C(=O)O)c3c2OCC(N)(c2nn[nH]n2)O3)cc1. The van der Waals surface area contributed by atoms with Crippen molar-refractivity contribution in [3.8, 4) is 11.5 Å². The number of carboxylic acids is 1. The number of nitrogens with one attached hydrogen (secondary N) is 1. The van der Waals surface area contributed by atoms with Crippen molar-refractivity contribution in [2.45, 2.75) is 38.3 Å². The minimum Gasteiger partial charge on any atom is -0.483 e. The van der Waals surface area contributed by atoms with E-state index in [4.69, 9.17) is 15.2 Å². The normalized spacial score (nSPS) is 17.1. The van der Waals surface area contributed by atoms with Gasteiger partial charge < -0.3 is 14.6 Å². The summed E-state index contributed by atoms with van der Waals surface area (Å²) < 4.78 is 11.5. The second kappa shape index (κ2) is 9.84. The number of ether oxygens (including phenoxy) is 2. The van der Waals surface area contributed by atoms with Gasteiger partial charge in [0.1, 0.15) is 12.2 Å². The van der Waals surface area contributed by atoms with Crippen molar-refractivity contribution >= 4 is 17.8 Å². The molecule has 2 heterocycles. The maximum absolute atomic E-state index is 13.0. The van der Waals surface area contributed by atoms with Crippen LogP contribution in [0.25, 0.3) is 6.08 Å². The van der Waals surface area contributed by atoms with Crippen molar-refractivity contribution in [2.75, 3.05) is 6.61 Å². The summed E-state index contributed by atoms with van der Waals surface area (Å²) >= 11 is 0. The lowest BCUT2D eigenvalue weighted by Gasteiger charge is -2.33. The monoisotopic (exact) mass is 463 g/mol. The second-order valence-electron chi connectivity index (χ2n) is 8.04. The molecule has 0 spiro atoms. The van der Waals surface area contributed by atoms with Crippen molar-refractivity contribution in [3.05, 3.63) is 70.6 Å². The highest BCUT2D eigenvalue weighted by Crippen LogP contribution is 2.42. The number of aryl methyl sites for hydroxylation is 1. The van der Waals surface area contributed by atoms with Crippen molar-refractivity contribution in [3.63, 3.8) is 0 Å². The average molecular weight is 463 g/mol. The molecule has 0 fully saturated rings. The van der Waals surface area contributed by atoms with Crippen LogP contribution in [0, 0.1) is 0 Å². The molecular formula is C24H25N5O5. The van der Waals surface area contributed by atoms with E-state index < -0.39 is 11.7 Å². The zero-order valence-electron chi connectivity index (χ0n) is 18.7. The number of fused-ring (bicyclic) bond motifs is 1. The van der Waals surface area contributed by atoms with Gasteiger partial charge in [0.2, 0.25) is 5.82 Å². The molecule has 34 heavy (non-hydrogen) atoms. The number of unbranched alkanes of at least 4 members (excludes halogenated alkanes) is 2. The summed E-state index contributed by atoms with van der Waals surface area (Å²) in [6.07, 6.45) is 7.68. The molecule has 0 saturated carbocycles. The predicted octanol–water partition coefficient (Wildman–Crippen LogP) is 3.11. The Bertz CT molecular complexity index is 1210. The highest BCUT2D eigenvalue weighted by atomic mass is 16.6. The topological polar surface area (TPSA) is 153 Å². The number of tetrazole rings is 1. The number of hydrogen-bond donors (Lipinski definition) is 3. The number of carbonyl (C=O) groups excluding carboxylic acids is 1. The van der Waals surface area contributed by atoms with Crippen LogP contribution in [0.2, 0.25) is 0 Å². The molecule has 10 heteroatoms. The summed E-state index contributed by atoms with van der Waals surface area (Å²) in [5.74, 6) is -1.80. The van der Waals surface area contributed by atoms with Crippen molar-refractivity contribution in [1.82, 2.24) is 20.6 Å². The first kappa shape index (κ1) is 23.1. The van der Waals surface area contributed by atoms with Gasteiger partial charge in [-0.25, -0.2) is 4.79 Å². The molecule has 1 aliphatic heterocycles. The standard InChI is InChI=1S/C24H25N5O5/c1-2-3-4-5-15-6-8-16(9-7-15)10-13-19(30)17-11-12-18(22(31)32)21-20(17)33-14-24(25,34-21)23-26-28-29-27-23/h6-13H,2-5,14,25H2,1H3,(H,31,32)(H,26,27,28,29). The van der Waals surface area contributed by atoms with Crippen molar-refractivity contribution in [1.29, 1.82) is 0 Å². The van der Waals surface area contributed by atoms with Crippen LogP contribution in [0.3, 0.4) is 0 Å². The molecule has 2 aromatic carbocycles. The molecule has 0 saturated heterocycles. The minimum absolute atomic E-state index is 0.00499. The van der Waals surface area contributed by atoms with Crippen LogP contribution in [-0.2, 0) is 12.1 Å². The van der Waals surface area contributed by atoms with Gasteiger partial charge in [0.05, 0.1) is 5.56 Å². The number of benzene rings is 2. The third-order valence-corrected chi connectivity index (χ3v) is 5.52. The lowest BCUT2D eigenvalue weighted by Crippen LogP contribution is -2.51. The van der Waals surface area contributed by atoms with E-state index in [2.05, 4.69) is 39.7 Å². The first-order chi connectivity index (χ1) is 16.4. The van der Waals surface area contributed by atoms with Gasteiger partial charge >= 0.3 is 5.97 Å². The average Bonchev–Trinajstić information content (AvgIpc) is 3.39. The van der Waals surface area contributed by atoms with Gasteiger partial charge in [-0.1, -0.05) is 50.1 Å². The number of carbonyl (C=O) groups is 2. The molecule has 0 radical (unpaired) electrons. The minimum atomic E-state index is -1.67. The number of aromatic amines is 1. The van der Waals surface area contributed by atoms with Gasteiger partial charge in [0.25, 0.3) is 5.72 Å². The van der Waals surface area contributed by atoms with Crippen LogP contribution in [-0.4, -0.2) is 44.1 Å². The molecule has 1 unspecified atom stereocenters. The lowest BCUT2D eigenvalue weighted by molar-refractivity contribution is -0.0164. The van der Waals surface area contributed by atoms with Crippen LogP contribution < -0.4 is 15.2 Å². The number of nitrogens with zero attached hydrogens (tertiary/aromatic N) is 3. The molecule has 0 bridgehead atoms. The fourth-order valence-electron chi connectivity index (χ4n) is 3.65. The van der Waals surface area contributed by atoms with Gasteiger partial charge in [-0.05, 0) is 47.4 Å². The predicted molar refractivity (Wildman–Crippen MR) is 123 cm³/mol. The van der Waals surface area contributed by atoms with Crippen LogP contribution >= 0.6 is 0 Å². The number of aromatic nitrogens is 4. The summed E-state index contributed by atoms with van der Waals surface area (Å²) in [6.45, 7) is 1.93. The number of allylic oxidation sites excluding steroid dienone is 1. The number of H-pyrrole nitrogens is 1. The maximum Gasteiger partial charge on any atom is 0.339 e. The molecule has 0 amide bonds. The van der Waals surface area contributed by atoms with E-state index in [1.165, 1.54) is 36.6 Å². The zero-order valence-corrected chi connectivity index (χ0v) is 18.7. The molecule has 1 atom stereocenters. The number of rotatable bonds is 9. The van der Waals surface area contributed by atoms with Crippen LogP contribution in [0.4, 0.5) is 0 Å². The smallest absolute Gasteiger partial charge is 0.339 e. The molecule has 1 aromatic heterocycles. The Morgan fingerprint density at radius 3 is 2.59 bits per heavy atom. The van der Waals surface area contributed by atoms with E-state index in [1.807, 2.05) is 12.1 Å². The lowest BCUT2D eigenvalue weighted by atomic mass is 10.0. The Morgan fingerprint density at radius 2 is 1.91 bits per heavy atom. The number of carboxylic acid groups (broad SMARTS) is 1. The van der Waals surface area contributed by atoms with Gasteiger partial charge in [0.15, 0.2) is 17.3 Å². The van der Waals surface area contributed by atoms with Gasteiger partial charge in [-0.15, -0.1) is 10.2 Å². The Balaban J connectivity index is 1.57. The zero-order chi connectivity index (χ0) is 24.1. The van der Waals surface area contributed by atoms with Crippen LogP contribution in [0.1, 0.15) is 63.9 Å². The number of ketones is 1. The third-order valence-electron chi connectivity index (χ3n) is 5.52. The van der Waals surface area contributed by atoms with E-state index in [1.54, 1.807) is 6.08 Å². The van der Waals surface area contributed by atoms with E-state index >= 15 is 0 Å². The second-order valence-corrected chi connectivity index (χ2v) is 8.04. The van der Waals surface area contributed by atoms with Crippen molar-refractivity contribution < 1.29 is 24.2 Å². The molecule has 0 aliphatic carbocycles. The highest BCUT2D eigenvalue weighted by molar-refractivity contribution is 6.10. The van der Waals surface area contributed by atoms with E-state index in [0.29, 0.717) is 0 Å². The summed E-state index contributed by atoms with van der Waals surface area (Å²) in [5, 5.41) is 22.9. The quantitative estimate of drug-likeness (QED) is 0.247. The molecule has 1 aliphatic rings. The van der Waals surface area contributed by atoms with E-state index in [-0.39, 0.29) is 40.8 Å². The van der Waals surface area contributed by atoms with E-state index in [0.717, 1.165) is 18.4 Å². The van der Waals surface area contributed by atoms with Gasteiger partial charge in [-0.2, -0.15) is 5.21 Å². The van der Waals surface area contributed by atoms with Crippen molar-refractivity contribution in [2.24, 2.45) is 5.73 Å². The number of aromatic carboxylic acids is 1. The van der Waals surface area contributed by atoms with E-state index in [9.17, 15) is 14.7 Å². The largest absolute Gasteiger partial charge is 0.483 e. The Hall–Kier alpha value is -4.05.